The maximum absolute atomic E-state index is 11.4. The molecule has 0 aliphatic heterocycles. The highest BCUT2D eigenvalue weighted by Gasteiger charge is 2.26. The molecule has 0 saturated carbocycles. The van der Waals surface area contributed by atoms with Crippen LogP contribution in [0.4, 0.5) is 0 Å². The highest BCUT2D eigenvalue weighted by atomic mass is 16.5. The Balaban J connectivity index is 3.91. The number of unbranched alkanes of at least 4 members (excludes halogenated alkanes) is 5. The Bertz CT molecular complexity index is 268. The van der Waals surface area contributed by atoms with Gasteiger partial charge in [0.15, 0.2) is 5.92 Å². The number of carbonyl (C=O) groups is 2. The van der Waals surface area contributed by atoms with E-state index in [2.05, 4.69) is 16.4 Å². The number of ether oxygens (including phenoxy) is 2. The Morgan fingerprint density at radius 3 is 2.05 bits per heavy atom. The van der Waals surface area contributed by atoms with E-state index in [1.807, 2.05) is 12.2 Å². The minimum atomic E-state index is -0.841. The first kappa shape index (κ1) is 17.7. The molecule has 0 unspecified atom stereocenters. The average Bonchev–Trinajstić information content (AvgIpc) is 2.44. The number of hydrogen-bond donors (Lipinski definition) is 0. The molecular weight excluding hydrogens is 244 g/mol. The summed E-state index contributed by atoms with van der Waals surface area (Å²) in [5, 5.41) is 0. The van der Waals surface area contributed by atoms with Crippen molar-refractivity contribution in [3.8, 4) is 0 Å². The zero-order chi connectivity index (χ0) is 14.5. The zero-order valence-corrected chi connectivity index (χ0v) is 12.3. The Kier molecular flexibility index (Phi) is 10.9. The fourth-order valence-electron chi connectivity index (χ4n) is 1.79. The van der Waals surface area contributed by atoms with E-state index in [0.717, 1.165) is 12.8 Å². The van der Waals surface area contributed by atoms with Crippen molar-refractivity contribution >= 4 is 11.9 Å². The van der Waals surface area contributed by atoms with Gasteiger partial charge in [-0.2, -0.15) is 0 Å². The largest absolute Gasteiger partial charge is 0.468 e. The highest BCUT2D eigenvalue weighted by Crippen LogP contribution is 2.10. The first-order valence-electron chi connectivity index (χ1n) is 6.98. The maximum atomic E-state index is 11.4. The van der Waals surface area contributed by atoms with Crippen LogP contribution in [0.2, 0.25) is 0 Å². The zero-order valence-electron chi connectivity index (χ0n) is 12.3. The lowest BCUT2D eigenvalue weighted by atomic mass is 10.0. The molecule has 4 nitrogen and oxygen atoms in total. The van der Waals surface area contributed by atoms with Gasteiger partial charge in [-0.15, -0.1) is 0 Å². The third-order valence-electron chi connectivity index (χ3n) is 2.98. The van der Waals surface area contributed by atoms with Gasteiger partial charge in [0.1, 0.15) is 0 Å². The average molecular weight is 270 g/mol. The van der Waals surface area contributed by atoms with Crippen molar-refractivity contribution in [3.63, 3.8) is 0 Å². The predicted molar refractivity (Wildman–Crippen MR) is 74.7 cm³/mol. The van der Waals surface area contributed by atoms with E-state index in [-0.39, 0.29) is 0 Å². The lowest BCUT2D eigenvalue weighted by Crippen LogP contribution is -2.25. The minimum Gasteiger partial charge on any atom is -0.468 e. The van der Waals surface area contributed by atoms with Crippen LogP contribution in [0.15, 0.2) is 12.2 Å². The summed E-state index contributed by atoms with van der Waals surface area (Å²) in [7, 11) is 2.55. The lowest BCUT2D eigenvalue weighted by Gasteiger charge is -2.09. The van der Waals surface area contributed by atoms with Gasteiger partial charge in [-0.05, 0) is 19.3 Å². The van der Waals surface area contributed by atoms with Crippen molar-refractivity contribution in [3.05, 3.63) is 12.2 Å². The van der Waals surface area contributed by atoms with Gasteiger partial charge >= 0.3 is 11.9 Å². The number of rotatable bonds is 10. The number of methoxy groups -OCH3 is 2. The Morgan fingerprint density at radius 2 is 1.53 bits per heavy atom. The van der Waals surface area contributed by atoms with Crippen LogP contribution in [0, 0.1) is 5.92 Å². The SMILES string of the molecule is CCCCCCC/C=C/CC(C(=O)OC)C(=O)OC. The van der Waals surface area contributed by atoms with Gasteiger partial charge in [-0.25, -0.2) is 0 Å². The summed E-state index contributed by atoms with van der Waals surface area (Å²) in [6.07, 6.45) is 11.4. The van der Waals surface area contributed by atoms with Crippen molar-refractivity contribution in [1.82, 2.24) is 0 Å². The van der Waals surface area contributed by atoms with Crippen molar-refractivity contribution in [2.24, 2.45) is 5.92 Å². The highest BCUT2D eigenvalue weighted by molar-refractivity contribution is 5.94. The summed E-state index contributed by atoms with van der Waals surface area (Å²) in [5.41, 5.74) is 0. The fraction of sp³-hybridized carbons (Fsp3) is 0.733. The molecule has 4 heteroatoms. The first-order chi connectivity index (χ1) is 9.17. The molecule has 0 N–H and O–H groups in total. The van der Waals surface area contributed by atoms with Crippen LogP contribution in [0.1, 0.15) is 51.9 Å². The molecule has 0 spiro atoms. The van der Waals surface area contributed by atoms with Gasteiger partial charge in [0.2, 0.25) is 0 Å². The molecule has 0 aliphatic carbocycles. The van der Waals surface area contributed by atoms with Crippen molar-refractivity contribution in [2.75, 3.05) is 14.2 Å². The van der Waals surface area contributed by atoms with Gasteiger partial charge in [0.05, 0.1) is 14.2 Å². The Morgan fingerprint density at radius 1 is 0.947 bits per heavy atom. The minimum absolute atomic E-state index is 0.342. The first-order valence-corrected chi connectivity index (χ1v) is 6.98. The van der Waals surface area contributed by atoms with E-state index in [1.165, 1.54) is 39.9 Å². The second-order valence-electron chi connectivity index (χ2n) is 4.51. The van der Waals surface area contributed by atoms with Crippen LogP contribution in [-0.4, -0.2) is 26.2 Å². The molecule has 0 aromatic heterocycles. The van der Waals surface area contributed by atoms with E-state index in [4.69, 9.17) is 0 Å². The topological polar surface area (TPSA) is 52.6 Å². The Hall–Kier alpha value is -1.32. The van der Waals surface area contributed by atoms with E-state index in [0.29, 0.717) is 6.42 Å². The van der Waals surface area contributed by atoms with Crippen LogP contribution in [0.5, 0.6) is 0 Å². The van der Waals surface area contributed by atoms with Crippen LogP contribution in [0.25, 0.3) is 0 Å². The molecule has 0 rings (SSSR count). The van der Waals surface area contributed by atoms with Crippen LogP contribution in [-0.2, 0) is 19.1 Å². The molecule has 0 bridgehead atoms. The summed E-state index contributed by atoms with van der Waals surface area (Å²) < 4.78 is 9.17. The fourth-order valence-corrected chi connectivity index (χ4v) is 1.79. The maximum Gasteiger partial charge on any atom is 0.320 e. The van der Waals surface area contributed by atoms with Crippen molar-refractivity contribution in [2.45, 2.75) is 51.9 Å². The molecule has 0 heterocycles. The van der Waals surface area contributed by atoms with E-state index < -0.39 is 17.9 Å². The van der Waals surface area contributed by atoms with Gasteiger partial charge in [0.25, 0.3) is 0 Å². The van der Waals surface area contributed by atoms with Gasteiger partial charge < -0.3 is 9.47 Å². The standard InChI is InChI=1S/C15H26O4/c1-4-5-6-7-8-9-10-11-12-13(14(16)18-2)15(17)19-3/h10-11,13H,4-9,12H2,1-3H3/b11-10+. The van der Waals surface area contributed by atoms with Gasteiger partial charge in [-0.3, -0.25) is 9.59 Å². The van der Waals surface area contributed by atoms with Gasteiger partial charge in [-0.1, -0.05) is 44.8 Å². The molecule has 0 fully saturated rings. The molecule has 0 amide bonds. The molecule has 0 aliphatic rings. The summed E-state index contributed by atoms with van der Waals surface area (Å²) in [6.45, 7) is 2.19. The molecule has 0 aromatic rings. The smallest absolute Gasteiger partial charge is 0.320 e. The summed E-state index contributed by atoms with van der Waals surface area (Å²) in [5.74, 6) is -1.93. The van der Waals surface area contributed by atoms with E-state index in [1.54, 1.807) is 0 Å². The summed E-state index contributed by atoms with van der Waals surface area (Å²) in [4.78, 5) is 22.8. The second kappa shape index (κ2) is 11.8. The van der Waals surface area contributed by atoms with E-state index in [9.17, 15) is 9.59 Å². The number of hydrogen-bond acceptors (Lipinski definition) is 4. The third kappa shape index (κ3) is 8.41. The molecule has 0 radical (unpaired) electrons. The Labute approximate surface area is 116 Å². The molecule has 0 saturated heterocycles. The van der Waals surface area contributed by atoms with Crippen LogP contribution < -0.4 is 0 Å². The van der Waals surface area contributed by atoms with Crippen molar-refractivity contribution in [1.29, 1.82) is 0 Å². The quantitative estimate of drug-likeness (QED) is 0.265. The molecular formula is C15H26O4. The molecule has 110 valence electrons. The monoisotopic (exact) mass is 270 g/mol. The summed E-state index contributed by atoms with van der Waals surface area (Å²) in [6, 6.07) is 0. The number of allylic oxidation sites excluding steroid dienone is 2. The lowest BCUT2D eigenvalue weighted by molar-refractivity contribution is -0.158. The van der Waals surface area contributed by atoms with Gasteiger partial charge in [0, 0.05) is 0 Å². The normalized spacial score (nSPS) is 10.9. The number of carbonyl (C=O) groups excluding carboxylic acids is 2. The number of esters is 2. The predicted octanol–water partition coefficient (Wildman–Crippen LogP) is 3.26. The molecule has 0 aromatic carbocycles. The summed E-state index contributed by atoms with van der Waals surface area (Å²) >= 11 is 0. The van der Waals surface area contributed by atoms with Crippen LogP contribution in [0.3, 0.4) is 0 Å². The second-order valence-corrected chi connectivity index (χ2v) is 4.51. The van der Waals surface area contributed by atoms with Crippen molar-refractivity contribution < 1.29 is 19.1 Å². The third-order valence-corrected chi connectivity index (χ3v) is 2.98. The molecule has 19 heavy (non-hydrogen) atoms. The molecule has 0 atom stereocenters. The van der Waals surface area contributed by atoms with Crippen LogP contribution >= 0.6 is 0 Å². The van der Waals surface area contributed by atoms with E-state index >= 15 is 0 Å².